The summed E-state index contributed by atoms with van der Waals surface area (Å²) in [5.74, 6) is 0. The molecule has 0 amide bonds. The molecular formula is C21H19F3N+. The minimum absolute atomic E-state index is 0.153. The second kappa shape index (κ2) is 6.36. The molecule has 0 spiro atoms. The van der Waals surface area contributed by atoms with Gasteiger partial charge in [0.25, 0.3) is 0 Å². The number of benzene rings is 2. The van der Waals surface area contributed by atoms with Gasteiger partial charge in [0.2, 0.25) is 5.69 Å². The number of aryl methyl sites for hydroxylation is 3. The number of alkyl halides is 3. The van der Waals surface area contributed by atoms with Gasteiger partial charge in [-0.3, -0.25) is 0 Å². The first kappa shape index (κ1) is 17.2. The Kier molecular flexibility index (Phi) is 4.38. The van der Waals surface area contributed by atoms with E-state index in [1.807, 2.05) is 57.2 Å². The van der Waals surface area contributed by atoms with E-state index in [4.69, 9.17) is 0 Å². The molecule has 1 aromatic heterocycles. The van der Waals surface area contributed by atoms with Crippen LogP contribution in [0.2, 0.25) is 0 Å². The predicted molar refractivity (Wildman–Crippen MR) is 92.6 cm³/mol. The maximum Gasteiger partial charge on any atom is 0.422 e. The lowest BCUT2D eigenvalue weighted by molar-refractivity contribution is -0.610. The highest BCUT2D eigenvalue weighted by Gasteiger charge is 2.37. The summed E-state index contributed by atoms with van der Waals surface area (Å²) in [5, 5.41) is 0. The van der Waals surface area contributed by atoms with Crippen LogP contribution < -0.4 is 4.57 Å². The molecule has 0 radical (unpaired) electrons. The first-order valence-electron chi connectivity index (χ1n) is 8.04. The van der Waals surface area contributed by atoms with Crippen LogP contribution in [0.1, 0.15) is 22.5 Å². The molecule has 0 saturated heterocycles. The molecule has 0 bridgehead atoms. The minimum Gasteiger partial charge on any atom is -0.166 e. The van der Waals surface area contributed by atoms with Crippen LogP contribution in [0.3, 0.4) is 0 Å². The van der Waals surface area contributed by atoms with Crippen LogP contribution in [0, 0.1) is 20.8 Å². The lowest BCUT2D eigenvalue weighted by atomic mass is 10.0. The van der Waals surface area contributed by atoms with Crippen LogP contribution >= 0.6 is 0 Å². The van der Waals surface area contributed by atoms with E-state index >= 15 is 0 Å². The molecule has 25 heavy (non-hydrogen) atoms. The number of para-hydroxylation sites is 1. The molecule has 0 unspecified atom stereocenters. The molecule has 0 saturated carbocycles. The average Bonchev–Trinajstić information content (AvgIpc) is 2.54. The highest BCUT2D eigenvalue weighted by molar-refractivity contribution is 5.64. The van der Waals surface area contributed by atoms with Gasteiger partial charge in [0.1, 0.15) is 5.56 Å². The molecule has 0 aliphatic carbocycles. The van der Waals surface area contributed by atoms with Crippen LogP contribution in [0.25, 0.3) is 16.8 Å². The summed E-state index contributed by atoms with van der Waals surface area (Å²) < 4.78 is 41.8. The molecular weight excluding hydrogens is 323 g/mol. The second-order valence-electron chi connectivity index (χ2n) is 6.24. The molecule has 2 aromatic carbocycles. The fourth-order valence-electron chi connectivity index (χ4n) is 3.10. The lowest BCUT2D eigenvalue weighted by Gasteiger charge is -2.12. The summed E-state index contributed by atoms with van der Waals surface area (Å²) in [4.78, 5) is 0. The van der Waals surface area contributed by atoms with E-state index < -0.39 is 11.7 Å². The number of aromatic nitrogens is 1. The molecule has 1 heterocycles. The van der Waals surface area contributed by atoms with Crippen molar-refractivity contribution in [3.05, 3.63) is 83.2 Å². The Balaban J connectivity index is 2.16. The largest absolute Gasteiger partial charge is 0.422 e. The van der Waals surface area contributed by atoms with E-state index in [1.165, 1.54) is 17.7 Å². The van der Waals surface area contributed by atoms with Crippen molar-refractivity contribution >= 4 is 0 Å². The number of pyridine rings is 1. The normalized spacial score (nSPS) is 11.6. The minimum atomic E-state index is -4.39. The summed E-state index contributed by atoms with van der Waals surface area (Å²) in [7, 11) is 0. The van der Waals surface area contributed by atoms with E-state index in [9.17, 15) is 13.2 Å². The highest BCUT2D eigenvalue weighted by atomic mass is 19.4. The Hall–Kier alpha value is -2.62. The van der Waals surface area contributed by atoms with E-state index in [-0.39, 0.29) is 5.69 Å². The first-order chi connectivity index (χ1) is 11.8. The third kappa shape index (κ3) is 3.43. The maximum absolute atomic E-state index is 13.4. The molecule has 1 nitrogen and oxygen atoms in total. The van der Waals surface area contributed by atoms with Crippen molar-refractivity contribution < 1.29 is 17.7 Å². The summed E-state index contributed by atoms with van der Waals surface area (Å²) >= 11 is 0. The zero-order chi connectivity index (χ0) is 18.2. The van der Waals surface area contributed by atoms with E-state index in [0.29, 0.717) is 0 Å². The number of hydrogen-bond donors (Lipinski definition) is 0. The van der Waals surface area contributed by atoms with Gasteiger partial charge in [0.05, 0.1) is 0 Å². The standard InChI is InChI=1S/C21H19F3N/c1-14-8-10-17(11-9-14)18-12-15(2)25(16(3)13-18)20-7-5-4-6-19(20)21(22,23)24/h4-13H,1-3H3/q+1. The van der Waals surface area contributed by atoms with Crippen LogP contribution in [-0.2, 0) is 6.18 Å². The number of rotatable bonds is 2. The number of hydrogen-bond acceptors (Lipinski definition) is 0. The van der Waals surface area contributed by atoms with Crippen LogP contribution in [0.15, 0.2) is 60.7 Å². The molecule has 0 aliphatic heterocycles. The lowest BCUT2D eigenvalue weighted by Crippen LogP contribution is -2.39. The molecule has 4 heteroatoms. The van der Waals surface area contributed by atoms with Gasteiger partial charge in [-0.15, -0.1) is 0 Å². The van der Waals surface area contributed by atoms with Crippen molar-refractivity contribution in [2.45, 2.75) is 26.9 Å². The SMILES string of the molecule is Cc1ccc(-c2cc(C)[n+](-c3ccccc3C(F)(F)F)c(C)c2)cc1. The van der Waals surface area contributed by atoms with Gasteiger partial charge >= 0.3 is 6.18 Å². The summed E-state index contributed by atoms with van der Waals surface area (Å²) in [6, 6.07) is 17.6. The van der Waals surface area contributed by atoms with E-state index in [1.54, 1.807) is 10.6 Å². The Bertz CT molecular complexity index is 886. The molecule has 3 rings (SSSR count). The van der Waals surface area contributed by atoms with E-state index in [0.717, 1.165) is 28.6 Å². The van der Waals surface area contributed by atoms with Gasteiger partial charge in [0, 0.05) is 32.0 Å². The van der Waals surface area contributed by atoms with Crippen molar-refractivity contribution in [1.29, 1.82) is 0 Å². The van der Waals surface area contributed by atoms with Crippen molar-refractivity contribution in [3.8, 4) is 16.8 Å². The Labute approximate surface area is 145 Å². The molecule has 128 valence electrons. The zero-order valence-corrected chi connectivity index (χ0v) is 14.4. The molecule has 0 aliphatic rings. The third-order valence-electron chi connectivity index (χ3n) is 4.27. The van der Waals surface area contributed by atoms with Gasteiger partial charge in [-0.25, -0.2) is 0 Å². The van der Waals surface area contributed by atoms with Crippen LogP contribution in [0.5, 0.6) is 0 Å². The predicted octanol–water partition coefficient (Wildman–Crippen LogP) is 5.57. The van der Waals surface area contributed by atoms with Crippen molar-refractivity contribution in [1.82, 2.24) is 0 Å². The fourth-order valence-corrected chi connectivity index (χ4v) is 3.10. The van der Waals surface area contributed by atoms with Gasteiger partial charge in [-0.1, -0.05) is 42.0 Å². The maximum atomic E-state index is 13.4. The van der Waals surface area contributed by atoms with Gasteiger partial charge < -0.3 is 0 Å². The van der Waals surface area contributed by atoms with Crippen molar-refractivity contribution in [2.75, 3.05) is 0 Å². The zero-order valence-electron chi connectivity index (χ0n) is 14.4. The van der Waals surface area contributed by atoms with Gasteiger partial charge in [0.15, 0.2) is 11.4 Å². The monoisotopic (exact) mass is 342 g/mol. The Morgan fingerprint density at radius 3 is 1.84 bits per heavy atom. The Morgan fingerprint density at radius 2 is 1.28 bits per heavy atom. The summed E-state index contributed by atoms with van der Waals surface area (Å²) in [5.41, 5.74) is 4.25. The van der Waals surface area contributed by atoms with Gasteiger partial charge in [-0.05, 0) is 24.1 Å². The second-order valence-corrected chi connectivity index (χ2v) is 6.24. The fraction of sp³-hybridized carbons (Fsp3) is 0.190. The quantitative estimate of drug-likeness (QED) is 0.536. The Morgan fingerprint density at radius 1 is 0.720 bits per heavy atom. The molecule has 3 aromatic rings. The van der Waals surface area contributed by atoms with Crippen LogP contribution in [0.4, 0.5) is 13.2 Å². The number of nitrogens with zero attached hydrogens (tertiary/aromatic N) is 1. The topological polar surface area (TPSA) is 3.88 Å². The molecule has 0 atom stereocenters. The summed E-state index contributed by atoms with van der Waals surface area (Å²) in [6.45, 7) is 5.68. The highest BCUT2D eigenvalue weighted by Crippen LogP contribution is 2.32. The van der Waals surface area contributed by atoms with Crippen molar-refractivity contribution in [2.24, 2.45) is 0 Å². The van der Waals surface area contributed by atoms with Crippen molar-refractivity contribution in [3.63, 3.8) is 0 Å². The smallest absolute Gasteiger partial charge is 0.166 e. The third-order valence-corrected chi connectivity index (χ3v) is 4.27. The molecule has 0 N–H and O–H groups in total. The number of halogens is 3. The van der Waals surface area contributed by atoms with Gasteiger partial charge in [-0.2, -0.15) is 17.7 Å². The van der Waals surface area contributed by atoms with E-state index in [2.05, 4.69) is 0 Å². The molecule has 0 fully saturated rings. The summed E-state index contributed by atoms with van der Waals surface area (Å²) in [6.07, 6.45) is -4.39. The van der Waals surface area contributed by atoms with Crippen LogP contribution in [-0.4, -0.2) is 0 Å². The average molecular weight is 342 g/mol. The first-order valence-corrected chi connectivity index (χ1v) is 8.04.